The number of aryl methyl sites for hydroxylation is 1. The lowest BCUT2D eigenvalue weighted by Gasteiger charge is -2.07. The first-order chi connectivity index (χ1) is 26.6. The lowest BCUT2D eigenvalue weighted by molar-refractivity contribution is -0.140. The van der Waals surface area contributed by atoms with Crippen LogP contribution in [0.2, 0.25) is 0 Å². The van der Waals surface area contributed by atoms with Gasteiger partial charge in [-0.3, -0.25) is 4.79 Å². The number of aromatic amines is 2. The second-order valence-corrected chi connectivity index (χ2v) is 13.3. The van der Waals surface area contributed by atoms with Crippen LogP contribution in [0.3, 0.4) is 0 Å². The van der Waals surface area contributed by atoms with Crippen molar-refractivity contribution >= 4 is 52.3 Å². The monoisotopic (exact) mass is 700 g/mol. The van der Waals surface area contributed by atoms with Crippen molar-refractivity contribution in [2.24, 2.45) is 0 Å². The molecule has 6 nitrogen and oxygen atoms in total. The highest BCUT2D eigenvalue weighted by molar-refractivity contribution is 6.00. The average Bonchev–Trinajstić information content (AvgIpc) is 4.06. The van der Waals surface area contributed by atoms with Crippen molar-refractivity contribution in [1.82, 2.24) is 19.9 Å². The minimum atomic E-state index is -0.261. The van der Waals surface area contributed by atoms with Crippen LogP contribution in [0.15, 0.2) is 140 Å². The smallest absolute Gasteiger partial charge is 0.305 e. The molecule has 0 atom stereocenters. The number of aromatic nitrogens is 4. The van der Waals surface area contributed by atoms with Crippen molar-refractivity contribution < 1.29 is 9.53 Å². The molecule has 2 aliphatic heterocycles. The SMILES string of the molecule is COC(=O)CCc1cc2[nH]c1c(-c1ccccc1)c1nc(c(-c3ccccc3)c3ccc([nH]3)c(-c3ccccc3)c3nc(c2-c2ccccc2)C=C3)C=C1. The number of methoxy groups -OCH3 is 1. The van der Waals surface area contributed by atoms with E-state index < -0.39 is 0 Å². The fourth-order valence-electron chi connectivity index (χ4n) is 7.52. The summed E-state index contributed by atoms with van der Waals surface area (Å²) in [6.07, 6.45) is 9.12. The van der Waals surface area contributed by atoms with Gasteiger partial charge in [0, 0.05) is 45.2 Å². The van der Waals surface area contributed by atoms with Crippen LogP contribution in [0, 0.1) is 0 Å². The Labute approximate surface area is 313 Å². The number of fused-ring (bicyclic) bond motifs is 8. The highest BCUT2D eigenvalue weighted by atomic mass is 16.5. The zero-order valence-corrected chi connectivity index (χ0v) is 29.7. The van der Waals surface area contributed by atoms with E-state index in [2.05, 4.69) is 125 Å². The third kappa shape index (κ3) is 6.14. The molecule has 0 spiro atoms. The summed E-state index contributed by atoms with van der Waals surface area (Å²) in [5.74, 6) is -0.261. The Bertz CT molecular complexity index is 2750. The molecule has 2 aliphatic rings. The number of nitrogens with one attached hydrogen (secondary N) is 2. The molecule has 0 unspecified atom stereocenters. The normalized spacial score (nSPS) is 11.9. The van der Waals surface area contributed by atoms with E-state index in [-0.39, 0.29) is 12.4 Å². The Kier molecular flexibility index (Phi) is 8.61. The van der Waals surface area contributed by atoms with Crippen LogP contribution in [-0.2, 0) is 16.0 Å². The minimum Gasteiger partial charge on any atom is -0.469 e. The highest BCUT2D eigenvalue weighted by Gasteiger charge is 2.20. The molecule has 4 aromatic carbocycles. The average molecular weight is 701 g/mol. The number of rotatable bonds is 7. The molecular weight excluding hydrogens is 665 g/mol. The molecule has 3 aromatic heterocycles. The van der Waals surface area contributed by atoms with Gasteiger partial charge in [-0.25, -0.2) is 9.97 Å². The van der Waals surface area contributed by atoms with Crippen LogP contribution in [-0.4, -0.2) is 33.0 Å². The van der Waals surface area contributed by atoms with E-state index >= 15 is 0 Å². The number of benzene rings is 4. The van der Waals surface area contributed by atoms with Crippen LogP contribution in [0.4, 0.5) is 0 Å². The third-order valence-electron chi connectivity index (χ3n) is 10.0. The Balaban J connectivity index is 1.49. The predicted octanol–water partition coefficient (Wildman–Crippen LogP) is 11.4. The molecule has 2 N–H and O–H groups in total. The summed E-state index contributed by atoms with van der Waals surface area (Å²) in [7, 11) is 1.43. The third-order valence-corrected chi connectivity index (χ3v) is 10.0. The van der Waals surface area contributed by atoms with Gasteiger partial charge in [0.2, 0.25) is 0 Å². The molecular formula is C48H36N4O2. The molecule has 0 amide bonds. The Hall–Kier alpha value is -7.05. The molecule has 7 aromatic rings. The number of hydrogen-bond acceptors (Lipinski definition) is 4. The van der Waals surface area contributed by atoms with Gasteiger partial charge < -0.3 is 14.7 Å². The van der Waals surface area contributed by atoms with Crippen molar-refractivity contribution in [1.29, 1.82) is 0 Å². The summed E-state index contributed by atoms with van der Waals surface area (Å²) in [5.41, 5.74) is 16.1. The molecule has 54 heavy (non-hydrogen) atoms. The fraction of sp³-hybridized carbons (Fsp3) is 0.0625. The van der Waals surface area contributed by atoms with Crippen molar-refractivity contribution in [2.75, 3.05) is 7.11 Å². The van der Waals surface area contributed by atoms with Crippen LogP contribution in [0.5, 0.6) is 0 Å². The molecule has 8 bridgehead atoms. The van der Waals surface area contributed by atoms with Gasteiger partial charge >= 0.3 is 5.97 Å². The van der Waals surface area contributed by atoms with E-state index in [0.717, 1.165) is 94.9 Å². The first-order valence-electron chi connectivity index (χ1n) is 18.1. The number of esters is 1. The predicted molar refractivity (Wildman–Crippen MR) is 221 cm³/mol. The number of ether oxygens (including phenoxy) is 1. The van der Waals surface area contributed by atoms with E-state index in [9.17, 15) is 4.79 Å². The minimum absolute atomic E-state index is 0.234. The summed E-state index contributed by atoms with van der Waals surface area (Å²) in [6, 6.07) is 47.9. The molecule has 0 fully saturated rings. The Morgan fingerprint density at radius 3 is 1.31 bits per heavy atom. The maximum atomic E-state index is 12.6. The maximum Gasteiger partial charge on any atom is 0.305 e. The topological polar surface area (TPSA) is 83.7 Å². The van der Waals surface area contributed by atoms with E-state index in [1.54, 1.807) is 0 Å². The number of H-pyrrole nitrogens is 2. The largest absolute Gasteiger partial charge is 0.469 e. The maximum absolute atomic E-state index is 12.6. The van der Waals surface area contributed by atoms with Crippen molar-refractivity contribution in [3.05, 3.63) is 168 Å². The Morgan fingerprint density at radius 2 is 0.889 bits per heavy atom. The first-order valence-corrected chi connectivity index (χ1v) is 18.1. The Morgan fingerprint density at radius 1 is 0.500 bits per heavy atom. The first kappa shape index (κ1) is 32.8. The number of carbonyl (C=O) groups excluding carboxylic acids is 1. The highest BCUT2D eigenvalue weighted by Crippen LogP contribution is 2.39. The summed E-state index contributed by atoms with van der Waals surface area (Å²) >= 11 is 0. The lowest BCUT2D eigenvalue weighted by atomic mass is 10.00. The van der Waals surface area contributed by atoms with Gasteiger partial charge in [-0.05, 0) is 76.7 Å². The number of carbonyl (C=O) groups is 1. The van der Waals surface area contributed by atoms with E-state index in [0.29, 0.717) is 6.42 Å². The number of hydrogen-bond donors (Lipinski definition) is 2. The molecule has 260 valence electrons. The molecule has 0 radical (unpaired) electrons. The van der Waals surface area contributed by atoms with Crippen molar-refractivity contribution in [3.8, 4) is 44.5 Å². The van der Waals surface area contributed by atoms with E-state index in [1.807, 2.05) is 48.5 Å². The van der Waals surface area contributed by atoms with Gasteiger partial charge in [-0.2, -0.15) is 0 Å². The molecule has 6 heteroatoms. The van der Waals surface area contributed by atoms with Gasteiger partial charge in [-0.15, -0.1) is 0 Å². The molecule has 0 saturated carbocycles. The van der Waals surface area contributed by atoms with Gasteiger partial charge in [0.1, 0.15) is 0 Å². The number of nitrogens with zero attached hydrogens (tertiary/aromatic N) is 2. The second kappa shape index (κ2) is 14.2. The second-order valence-electron chi connectivity index (χ2n) is 13.3. The standard InChI is InChI=1S/C48H36N4O2/c1-54-43(53)29-22-35-30-42-46(33-18-10-4-11-19-33)40-26-25-38(50-40)44(31-14-6-2-7-15-31)36-23-24-37(49-36)45(32-16-8-3-9-17-32)39-27-28-41(51-39)47(48(35)52-42)34-20-12-5-13-21-34/h2-21,23-28,30,49,52H,22,29H2,1H3. The van der Waals surface area contributed by atoms with Crippen LogP contribution in [0.1, 0.15) is 34.8 Å². The molecule has 0 saturated heterocycles. The summed E-state index contributed by atoms with van der Waals surface area (Å²) in [6.45, 7) is 0. The lowest BCUT2D eigenvalue weighted by Crippen LogP contribution is -2.01. The van der Waals surface area contributed by atoms with E-state index in [4.69, 9.17) is 14.7 Å². The molecule has 0 aliphatic carbocycles. The zero-order chi connectivity index (χ0) is 36.4. The quantitative estimate of drug-likeness (QED) is 0.162. The van der Waals surface area contributed by atoms with Crippen LogP contribution in [0.25, 0.3) is 90.9 Å². The fourth-order valence-corrected chi connectivity index (χ4v) is 7.52. The summed E-state index contributed by atoms with van der Waals surface area (Å²) in [5, 5.41) is 0. The van der Waals surface area contributed by atoms with Gasteiger partial charge in [-0.1, -0.05) is 121 Å². The van der Waals surface area contributed by atoms with Crippen LogP contribution < -0.4 is 0 Å². The van der Waals surface area contributed by atoms with E-state index in [1.165, 1.54) is 7.11 Å². The summed E-state index contributed by atoms with van der Waals surface area (Å²) < 4.78 is 5.11. The van der Waals surface area contributed by atoms with Gasteiger partial charge in [0.05, 0.1) is 35.4 Å². The molecule has 5 heterocycles. The molecule has 9 rings (SSSR count). The van der Waals surface area contributed by atoms with Gasteiger partial charge in [0.15, 0.2) is 0 Å². The van der Waals surface area contributed by atoms with Crippen molar-refractivity contribution in [2.45, 2.75) is 12.8 Å². The summed E-state index contributed by atoms with van der Waals surface area (Å²) in [4.78, 5) is 31.1. The van der Waals surface area contributed by atoms with Gasteiger partial charge in [0.25, 0.3) is 0 Å². The zero-order valence-electron chi connectivity index (χ0n) is 29.7. The van der Waals surface area contributed by atoms with Crippen LogP contribution >= 0.6 is 0 Å². The van der Waals surface area contributed by atoms with Crippen molar-refractivity contribution in [3.63, 3.8) is 0 Å².